The molecule has 1 aromatic carbocycles. The number of esters is 1. The van der Waals surface area contributed by atoms with Crippen molar-refractivity contribution >= 4 is 27.6 Å². The fraction of sp³-hybridized carbons (Fsp3) is 0.0769. The highest BCUT2D eigenvalue weighted by atomic mass is 79.9. The second kappa shape index (κ2) is 5.35. The lowest BCUT2D eigenvalue weighted by molar-refractivity contribution is 0.0593. The molecule has 20 heavy (non-hydrogen) atoms. The molecule has 1 heterocycles. The van der Waals surface area contributed by atoms with Crippen LogP contribution in [0.2, 0.25) is 0 Å². The number of methoxy groups -OCH3 is 1. The zero-order valence-corrected chi connectivity index (χ0v) is 11.9. The number of anilines is 1. The van der Waals surface area contributed by atoms with E-state index in [0.29, 0.717) is 10.2 Å². The molecule has 0 amide bonds. The molecular formula is C13H9BrFN3O2. The Bertz CT molecular complexity index is 734. The van der Waals surface area contributed by atoms with Crippen LogP contribution in [0.4, 0.5) is 10.1 Å². The van der Waals surface area contributed by atoms with E-state index in [1.807, 2.05) is 6.07 Å². The van der Waals surface area contributed by atoms with Crippen molar-refractivity contribution < 1.29 is 13.9 Å². The van der Waals surface area contributed by atoms with E-state index in [2.05, 4.69) is 20.7 Å². The van der Waals surface area contributed by atoms with Crippen molar-refractivity contribution in [1.82, 2.24) is 4.57 Å². The number of benzene rings is 1. The van der Waals surface area contributed by atoms with Gasteiger partial charge in [-0.1, -0.05) is 0 Å². The number of halogens is 2. The fourth-order valence-electron chi connectivity index (χ4n) is 1.78. The molecule has 0 aliphatic rings. The van der Waals surface area contributed by atoms with Crippen molar-refractivity contribution in [2.24, 2.45) is 0 Å². The lowest BCUT2D eigenvalue weighted by atomic mass is 10.2. The summed E-state index contributed by atoms with van der Waals surface area (Å²) in [6.07, 6.45) is 1.40. The Hall–Kier alpha value is -2.33. The maximum absolute atomic E-state index is 13.1. The van der Waals surface area contributed by atoms with Gasteiger partial charge >= 0.3 is 5.97 Å². The number of nitrogens with zero attached hydrogens (tertiary/aromatic N) is 2. The quantitative estimate of drug-likeness (QED) is 0.854. The standard InChI is InChI=1S/C13H9BrFN3O2/c1-20-13(19)12-11(17)7(5-16)6-18(12)10-3-2-8(15)4-9(10)14/h2-4,6H,17H2,1H3. The third-order valence-electron chi connectivity index (χ3n) is 2.71. The van der Waals surface area contributed by atoms with Gasteiger partial charge in [0.1, 0.15) is 11.9 Å². The molecule has 102 valence electrons. The van der Waals surface area contributed by atoms with Crippen molar-refractivity contribution in [3.8, 4) is 11.8 Å². The number of carbonyl (C=O) groups excluding carboxylic acids is 1. The topological polar surface area (TPSA) is 81.0 Å². The van der Waals surface area contributed by atoms with Gasteiger partial charge in [0.25, 0.3) is 0 Å². The Balaban J connectivity index is 2.74. The smallest absolute Gasteiger partial charge is 0.357 e. The number of rotatable bonds is 2. The van der Waals surface area contributed by atoms with Crippen LogP contribution in [-0.4, -0.2) is 17.6 Å². The lowest BCUT2D eigenvalue weighted by Crippen LogP contribution is -2.11. The van der Waals surface area contributed by atoms with Crippen LogP contribution in [0.5, 0.6) is 0 Å². The minimum atomic E-state index is -0.680. The van der Waals surface area contributed by atoms with Gasteiger partial charge in [-0.3, -0.25) is 0 Å². The Morgan fingerprint density at radius 1 is 1.55 bits per heavy atom. The molecule has 0 fully saturated rings. The van der Waals surface area contributed by atoms with Gasteiger partial charge in [0.05, 0.1) is 24.0 Å². The molecule has 0 aliphatic heterocycles. The maximum Gasteiger partial charge on any atom is 0.357 e. The zero-order valence-electron chi connectivity index (χ0n) is 10.4. The number of nitrogen functional groups attached to an aromatic ring is 1. The molecule has 0 saturated carbocycles. The van der Waals surface area contributed by atoms with Gasteiger partial charge in [-0.2, -0.15) is 5.26 Å². The number of aromatic nitrogens is 1. The first kappa shape index (κ1) is 14.1. The summed E-state index contributed by atoms with van der Waals surface area (Å²) in [5.74, 6) is -1.11. The summed E-state index contributed by atoms with van der Waals surface area (Å²) in [4.78, 5) is 11.8. The van der Waals surface area contributed by atoms with Gasteiger partial charge in [0.2, 0.25) is 0 Å². The molecule has 0 radical (unpaired) electrons. The normalized spacial score (nSPS) is 10.1. The van der Waals surface area contributed by atoms with Crippen molar-refractivity contribution in [2.45, 2.75) is 0 Å². The molecule has 0 spiro atoms. The van der Waals surface area contributed by atoms with Gasteiger partial charge in [-0.05, 0) is 34.1 Å². The van der Waals surface area contributed by atoms with Gasteiger partial charge in [0.15, 0.2) is 5.69 Å². The zero-order chi connectivity index (χ0) is 14.9. The van der Waals surface area contributed by atoms with Crippen LogP contribution in [0.3, 0.4) is 0 Å². The van der Waals surface area contributed by atoms with Crippen LogP contribution in [0.15, 0.2) is 28.9 Å². The van der Waals surface area contributed by atoms with Gasteiger partial charge < -0.3 is 15.0 Å². The highest BCUT2D eigenvalue weighted by molar-refractivity contribution is 9.10. The highest BCUT2D eigenvalue weighted by Crippen LogP contribution is 2.29. The maximum atomic E-state index is 13.1. The predicted molar refractivity (Wildman–Crippen MR) is 73.9 cm³/mol. The number of carbonyl (C=O) groups is 1. The van der Waals surface area contributed by atoms with E-state index in [0.717, 1.165) is 0 Å². The Kier molecular flexibility index (Phi) is 3.77. The van der Waals surface area contributed by atoms with Crippen molar-refractivity contribution in [2.75, 3.05) is 12.8 Å². The van der Waals surface area contributed by atoms with Crippen molar-refractivity contribution in [1.29, 1.82) is 5.26 Å². The lowest BCUT2D eigenvalue weighted by Gasteiger charge is -2.10. The third-order valence-corrected chi connectivity index (χ3v) is 3.35. The van der Waals surface area contributed by atoms with E-state index in [4.69, 9.17) is 11.0 Å². The van der Waals surface area contributed by atoms with Gasteiger partial charge in [0, 0.05) is 10.7 Å². The summed E-state index contributed by atoms with van der Waals surface area (Å²) in [5.41, 5.74) is 6.44. The number of ether oxygens (including phenoxy) is 1. The Labute approximate surface area is 122 Å². The minimum Gasteiger partial charge on any atom is -0.464 e. The molecule has 0 unspecified atom stereocenters. The molecule has 0 saturated heterocycles. The van der Waals surface area contributed by atoms with E-state index >= 15 is 0 Å². The molecule has 0 bridgehead atoms. The Morgan fingerprint density at radius 3 is 2.80 bits per heavy atom. The van der Waals surface area contributed by atoms with Crippen LogP contribution in [0.1, 0.15) is 16.1 Å². The summed E-state index contributed by atoms with van der Waals surface area (Å²) in [6.45, 7) is 0. The van der Waals surface area contributed by atoms with Crippen LogP contribution in [-0.2, 0) is 4.74 Å². The molecule has 2 rings (SSSR count). The monoisotopic (exact) mass is 337 g/mol. The largest absolute Gasteiger partial charge is 0.464 e. The molecule has 1 aromatic heterocycles. The van der Waals surface area contributed by atoms with Crippen molar-refractivity contribution in [3.63, 3.8) is 0 Å². The molecule has 7 heteroatoms. The van der Waals surface area contributed by atoms with E-state index in [-0.39, 0.29) is 16.9 Å². The Morgan fingerprint density at radius 2 is 2.25 bits per heavy atom. The molecule has 0 aliphatic carbocycles. The molecular weight excluding hydrogens is 329 g/mol. The average molecular weight is 338 g/mol. The first-order valence-corrected chi connectivity index (χ1v) is 6.23. The first-order chi connectivity index (χ1) is 9.49. The summed E-state index contributed by atoms with van der Waals surface area (Å²) >= 11 is 3.21. The number of nitriles is 1. The van der Waals surface area contributed by atoms with Crippen LogP contribution in [0, 0.1) is 17.1 Å². The molecule has 2 N–H and O–H groups in total. The van der Waals surface area contributed by atoms with Gasteiger partial charge in [-0.15, -0.1) is 0 Å². The summed E-state index contributed by atoms with van der Waals surface area (Å²) in [7, 11) is 1.21. The minimum absolute atomic E-state index is 0.0237. The summed E-state index contributed by atoms with van der Waals surface area (Å²) in [6, 6.07) is 5.85. The van der Waals surface area contributed by atoms with Gasteiger partial charge in [-0.25, -0.2) is 9.18 Å². The molecule has 5 nitrogen and oxygen atoms in total. The van der Waals surface area contributed by atoms with Crippen LogP contribution < -0.4 is 5.73 Å². The van der Waals surface area contributed by atoms with E-state index < -0.39 is 11.8 Å². The molecule has 2 aromatic rings. The second-order valence-electron chi connectivity index (χ2n) is 3.87. The van der Waals surface area contributed by atoms with Crippen LogP contribution >= 0.6 is 15.9 Å². The van der Waals surface area contributed by atoms with Crippen LogP contribution in [0.25, 0.3) is 5.69 Å². The SMILES string of the molecule is COC(=O)c1c(N)c(C#N)cn1-c1ccc(F)cc1Br. The first-order valence-electron chi connectivity index (χ1n) is 5.44. The fourth-order valence-corrected chi connectivity index (χ4v) is 2.32. The van der Waals surface area contributed by atoms with Crippen molar-refractivity contribution in [3.05, 3.63) is 45.9 Å². The van der Waals surface area contributed by atoms with E-state index in [9.17, 15) is 9.18 Å². The van der Waals surface area contributed by atoms with E-state index in [1.165, 1.54) is 36.1 Å². The van der Waals surface area contributed by atoms with E-state index in [1.54, 1.807) is 0 Å². The average Bonchev–Trinajstić information content (AvgIpc) is 2.74. The third kappa shape index (κ3) is 2.26. The second-order valence-corrected chi connectivity index (χ2v) is 4.73. The predicted octanol–water partition coefficient (Wildman–Crippen LogP) is 2.62. The molecule has 0 atom stereocenters. The number of hydrogen-bond acceptors (Lipinski definition) is 4. The number of nitrogens with two attached hydrogens (primary N) is 1. The number of hydrogen-bond donors (Lipinski definition) is 1. The summed E-state index contributed by atoms with van der Waals surface area (Å²) < 4.78 is 19.6. The highest BCUT2D eigenvalue weighted by Gasteiger charge is 2.22. The summed E-state index contributed by atoms with van der Waals surface area (Å²) in [5, 5.41) is 9.00.